The van der Waals surface area contributed by atoms with E-state index < -0.39 is 0 Å². The number of carbonyl (C=O) groups excluding carboxylic acids is 2. The van der Waals surface area contributed by atoms with Gasteiger partial charge < -0.3 is 0 Å². The first kappa shape index (κ1) is 11.9. The van der Waals surface area contributed by atoms with Crippen LogP contribution in [0.4, 0.5) is 0 Å². The number of allylic oxidation sites excluding steroid dienone is 1. The Balaban J connectivity index is 3.13. The van der Waals surface area contributed by atoms with Gasteiger partial charge >= 0.3 is 0 Å². The predicted octanol–water partition coefficient (Wildman–Crippen LogP) is 3.01. The Labute approximate surface area is 97.1 Å². The third-order valence-corrected chi connectivity index (χ3v) is 2.41. The molecule has 0 heterocycles. The third kappa shape index (κ3) is 3.44. The molecule has 15 heavy (non-hydrogen) atoms. The van der Waals surface area contributed by atoms with Crippen LogP contribution in [0.15, 0.2) is 34.3 Å². The number of carbonyl (C=O) groups is 2. The highest BCUT2D eigenvalue weighted by Crippen LogP contribution is 2.15. The largest absolute Gasteiger partial charge is 0.294 e. The van der Waals surface area contributed by atoms with Gasteiger partial charge in [0.2, 0.25) is 0 Å². The van der Waals surface area contributed by atoms with Gasteiger partial charge in [0.05, 0.1) is 5.57 Å². The average Bonchev–Trinajstić information content (AvgIpc) is 2.13. The Morgan fingerprint density at radius 1 is 1.20 bits per heavy atom. The lowest BCUT2D eigenvalue weighted by molar-refractivity contribution is -0.119. The van der Waals surface area contributed by atoms with Crippen molar-refractivity contribution in [1.82, 2.24) is 0 Å². The lowest BCUT2D eigenvalue weighted by Crippen LogP contribution is -2.05. The lowest BCUT2D eigenvalue weighted by atomic mass is 10.0. The molecule has 0 aromatic heterocycles. The Morgan fingerprint density at radius 2 is 1.80 bits per heavy atom. The van der Waals surface area contributed by atoms with Crippen molar-refractivity contribution in [3.63, 3.8) is 0 Å². The van der Waals surface area contributed by atoms with Crippen LogP contribution in [0.5, 0.6) is 0 Å². The van der Waals surface area contributed by atoms with E-state index in [-0.39, 0.29) is 17.1 Å². The van der Waals surface area contributed by atoms with Crippen LogP contribution in [0.2, 0.25) is 0 Å². The minimum atomic E-state index is -0.206. The lowest BCUT2D eigenvalue weighted by Gasteiger charge is -1.99. The van der Waals surface area contributed by atoms with Crippen LogP contribution in [0, 0.1) is 0 Å². The van der Waals surface area contributed by atoms with Crippen LogP contribution in [-0.4, -0.2) is 11.6 Å². The van der Waals surface area contributed by atoms with E-state index in [9.17, 15) is 9.59 Å². The van der Waals surface area contributed by atoms with Crippen LogP contribution in [0.1, 0.15) is 19.4 Å². The number of Topliss-reactive ketones (excluding diaryl/α,β-unsaturated/α-hetero) is 2. The van der Waals surface area contributed by atoms with Gasteiger partial charge in [0.15, 0.2) is 11.6 Å². The number of hydrogen-bond donors (Lipinski definition) is 0. The van der Waals surface area contributed by atoms with Crippen molar-refractivity contribution in [3.8, 4) is 0 Å². The van der Waals surface area contributed by atoms with Crippen LogP contribution in [0.25, 0.3) is 6.08 Å². The van der Waals surface area contributed by atoms with Gasteiger partial charge in [-0.1, -0.05) is 28.1 Å². The summed E-state index contributed by atoms with van der Waals surface area (Å²) >= 11 is 3.33. The van der Waals surface area contributed by atoms with E-state index in [1.54, 1.807) is 6.08 Å². The van der Waals surface area contributed by atoms with E-state index in [0.29, 0.717) is 0 Å². The zero-order valence-corrected chi connectivity index (χ0v) is 10.2. The highest BCUT2D eigenvalue weighted by atomic mass is 79.9. The molecule has 0 fully saturated rings. The normalized spacial score (nSPS) is 9.53. The van der Waals surface area contributed by atoms with Crippen LogP contribution < -0.4 is 0 Å². The molecule has 1 rings (SSSR count). The Morgan fingerprint density at radius 3 is 2.27 bits per heavy atom. The fourth-order valence-electron chi connectivity index (χ4n) is 1.21. The van der Waals surface area contributed by atoms with E-state index >= 15 is 0 Å². The van der Waals surface area contributed by atoms with Crippen molar-refractivity contribution in [2.24, 2.45) is 0 Å². The van der Waals surface area contributed by atoms with Gasteiger partial charge in [-0.15, -0.1) is 0 Å². The summed E-state index contributed by atoms with van der Waals surface area (Å²) in [6, 6.07) is 7.44. The molecule has 0 saturated carbocycles. The van der Waals surface area contributed by atoms with Gasteiger partial charge in [0.25, 0.3) is 0 Å². The molecular formula is C12H11BrO2. The van der Waals surface area contributed by atoms with E-state index in [1.165, 1.54) is 13.8 Å². The first-order valence-corrected chi connectivity index (χ1v) is 5.29. The summed E-state index contributed by atoms with van der Waals surface area (Å²) in [7, 11) is 0. The minimum Gasteiger partial charge on any atom is -0.294 e. The summed E-state index contributed by atoms with van der Waals surface area (Å²) in [5.41, 5.74) is 1.07. The zero-order chi connectivity index (χ0) is 11.4. The van der Waals surface area contributed by atoms with Gasteiger partial charge in [-0.3, -0.25) is 9.59 Å². The molecule has 0 bridgehead atoms. The fraction of sp³-hybridized carbons (Fsp3) is 0.167. The Kier molecular flexibility index (Phi) is 3.97. The molecule has 0 N–H and O–H groups in total. The summed E-state index contributed by atoms with van der Waals surface area (Å²) in [6.07, 6.45) is 1.61. The van der Waals surface area contributed by atoms with Crippen molar-refractivity contribution < 1.29 is 9.59 Å². The van der Waals surface area contributed by atoms with Crippen LogP contribution >= 0.6 is 15.9 Å². The quantitative estimate of drug-likeness (QED) is 0.479. The average molecular weight is 267 g/mol. The minimum absolute atomic E-state index is 0.206. The van der Waals surface area contributed by atoms with E-state index in [1.807, 2.05) is 24.3 Å². The zero-order valence-electron chi connectivity index (χ0n) is 8.58. The second-order valence-electron chi connectivity index (χ2n) is 3.23. The third-order valence-electron chi connectivity index (χ3n) is 1.92. The summed E-state index contributed by atoms with van der Waals surface area (Å²) < 4.78 is 0.919. The number of halogens is 1. The van der Waals surface area contributed by atoms with Crippen molar-refractivity contribution >= 4 is 33.6 Å². The molecule has 0 spiro atoms. The first-order chi connectivity index (χ1) is 7.00. The highest BCUT2D eigenvalue weighted by Gasteiger charge is 2.08. The van der Waals surface area contributed by atoms with Gasteiger partial charge in [0, 0.05) is 4.47 Å². The van der Waals surface area contributed by atoms with Crippen molar-refractivity contribution in [3.05, 3.63) is 39.9 Å². The van der Waals surface area contributed by atoms with Crippen molar-refractivity contribution in [1.29, 1.82) is 0 Å². The molecule has 1 aromatic rings. The molecule has 1 aromatic carbocycles. The van der Waals surface area contributed by atoms with Gasteiger partial charge in [0.1, 0.15) is 0 Å². The standard InChI is InChI=1S/C12H11BrO2/c1-8(14)12(9(2)15)7-10-4-3-5-11(13)6-10/h3-7H,1-2H3. The molecule has 0 atom stereocenters. The van der Waals surface area contributed by atoms with Crippen molar-refractivity contribution in [2.75, 3.05) is 0 Å². The fourth-order valence-corrected chi connectivity index (χ4v) is 1.63. The smallest absolute Gasteiger partial charge is 0.163 e. The highest BCUT2D eigenvalue weighted by molar-refractivity contribution is 9.10. The van der Waals surface area contributed by atoms with Gasteiger partial charge in [-0.2, -0.15) is 0 Å². The molecule has 0 amide bonds. The van der Waals surface area contributed by atoms with E-state index in [2.05, 4.69) is 15.9 Å². The van der Waals surface area contributed by atoms with Crippen LogP contribution in [-0.2, 0) is 9.59 Å². The molecule has 0 aliphatic heterocycles. The number of rotatable bonds is 3. The maximum absolute atomic E-state index is 11.2. The molecule has 0 radical (unpaired) electrons. The molecule has 78 valence electrons. The molecule has 2 nitrogen and oxygen atoms in total. The molecular weight excluding hydrogens is 256 g/mol. The SMILES string of the molecule is CC(=O)C(=Cc1cccc(Br)c1)C(C)=O. The second-order valence-corrected chi connectivity index (χ2v) is 4.14. The Hall–Kier alpha value is -1.22. The van der Waals surface area contributed by atoms with Crippen LogP contribution in [0.3, 0.4) is 0 Å². The van der Waals surface area contributed by atoms with E-state index in [4.69, 9.17) is 0 Å². The molecule has 0 saturated heterocycles. The Bertz CT molecular complexity index is 417. The maximum Gasteiger partial charge on any atom is 0.163 e. The van der Waals surface area contributed by atoms with Gasteiger partial charge in [-0.05, 0) is 37.6 Å². The summed E-state index contributed by atoms with van der Waals surface area (Å²) in [6.45, 7) is 2.79. The number of ketones is 2. The maximum atomic E-state index is 11.2. The molecule has 3 heteroatoms. The monoisotopic (exact) mass is 266 g/mol. The second kappa shape index (κ2) is 5.03. The summed E-state index contributed by atoms with van der Waals surface area (Å²) in [5.74, 6) is -0.412. The van der Waals surface area contributed by atoms with Gasteiger partial charge in [-0.25, -0.2) is 0 Å². The molecule has 0 unspecified atom stereocenters. The predicted molar refractivity (Wildman–Crippen MR) is 63.5 cm³/mol. The summed E-state index contributed by atoms with van der Waals surface area (Å²) in [5, 5.41) is 0. The van der Waals surface area contributed by atoms with E-state index in [0.717, 1.165) is 10.0 Å². The van der Waals surface area contributed by atoms with Crippen molar-refractivity contribution in [2.45, 2.75) is 13.8 Å². The topological polar surface area (TPSA) is 34.1 Å². The molecule has 0 aliphatic carbocycles. The molecule has 0 aliphatic rings. The number of benzene rings is 1. The number of hydrogen-bond acceptors (Lipinski definition) is 2. The summed E-state index contributed by atoms with van der Waals surface area (Å²) in [4.78, 5) is 22.3. The first-order valence-electron chi connectivity index (χ1n) is 4.50.